The summed E-state index contributed by atoms with van der Waals surface area (Å²) in [6, 6.07) is 7.61. The Morgan fingerprint density at radius 2 is 2.05 bits per heavy atom. The van der Waals surface area contributed by atoms with Crippen LogP contribution in [0.25, 0.3) is 0 Å². The molecule has 0 aliphatic heterocycles. The van der Waals surface area contributed by atoms with Crippen LogP contribution in [0.2, 0.25) is 0 Å². The van der Waals surface area contributed by atoms with Gasteiger partial charge in [-0.2, -0.15) is 0 Å². The number of benzene rings is 1. The van der Waals surface area contributed by atoms with Crippen molar-refractivity contribution in [2.24, 2.45) is 7.05 Å². The van der Waals surface area contributed by atoms with Gasteiger partial charge in [0.2, 0.25) is 15.0 Å². The Balaban J connectivity index is 2.57. The van der Waals surface area contributed by atoms with E-state index in [2.05, 4.69) is 4.98 Å². The molecule has 1 heterocycles. The number of imidazole rings is 1. The third-order valence-electron chi connectivity index (χ3n) is 3.16. The molecule has 0 saturated carbocycles. The van der Waals surface area contributed by atoms with Gasteiger partial charge in [0.15, 0.2) is 5.69 Å². The number of aryl methyl sites for hydroxylation is 1. The number of carboxylic acids is 1. The predicted octanol–water partition coefficient (Wildman–Crippen LogP) is 1.42. The fraction of sp³-hybridized carbons (Fsp3) is 0.286. The van der Waals surface area contributed by atoms with Crippen molar-refractivity contribution in [3.8, 4) is 0 Å². The number of sulfone groups is 1. The van der Waals surface area contributed by atoms with E-state index < -0.39 is 15.8 Å². The number of aromatic carboxylic acids is 1. The zero-order valence-electron chi connectivity index (χ0n) is 12.0. The van der Waals surface area contributed by atoms with Gasteiger partial charge in [0.1, 0.15) is 0 Å². The molecule has 6 nitrogen and oxygen atoms in total. The van der Waals surface area contributed by atoms with E-state index in [9.17, 15) is 18.3 Å². The highest BCUT2D eigenvalue weighted by Crippen LogP contribution is 2.19. The number of carboxylic acid groups (broad SMARTS) is 1. The van der Waals surface area contributed by atoms with Crippen molar-refractivity contribution in [2.45, 2.75) is 18.5 Å². The zero-order valence-corrected chi connectivity index (χ0v) is 12.8. The Hall–Kier alpha value is -2.15. The number of hydrogen-bond donors (Lipinski definition) is 1. The molecule has 2 rings (SSSR count). The van der Waals surface area contributed by atoms with Gasteiger partial charge >= 0.3 is 5.97 Å². The first-order valence-corrected chi connectivity index (χ1v) is 8.13. The summed E-state index contributed by atoms with van der Waals surface area (Å²) in [7, 11) is -2.07. The lowest BCUT2D eigenvalue weighted by atomic mass is 10.1. The van der Waals surface area contributed by atoms with Crippen molar-refractivity contribution in [2.75, 3.05) is 6.26 Å². The summed E-state index contributed by atoms with van der Waals surface area (Å²) in [5.41, 5.74) is 2.10. The normalized spacial score (nSPS) is 11.6. The lowest BCUT2D eigenvalue weighted by molar-refractivity contribution is 0.0689. The van der Waals surface area contributed by atoms with Crippen molar-refractivity contribution < 1.29 is 18.3 Å². The first kappa shape index (κ1) is 15.2. The van der Waals surface area contributed by atoms with Crippen molar-refractivity contribution >= 4 is 15.8 Å². The number of carbonyl (C=O) groups is 1. The maximum Gasteiger partial charge on any atom is 0.356 e. The standard InChI is InChI=1S/C14H16N2O4S/c1-9-5-4-6-10(7-9)8-11-12(13(17)18)15-14(16(11)2)21(3,19)20/h4-7H,8H2,1-3H3,(H,17,18). The van der Waals surface area contributed by atoms with E-state index in [0.29, 0.717) is 12.1 Å². The monoisotopic (exact) mass is 308 g/mol. The lowest BCUT2D eigenvalue weighted by Crippen LogP contribution is -2.08. The topological polar surface area (TPSA) is 89.3 Å². The Morgan fingerprint density at radius 3 is 2.57 bits per heavy atom. The number of nitrogens with zero attached hydrogens (tertiary/aromatic N) is 2. The molecule has 21 heavy (non-hydrogen) atoms. The molecule has 7 heteroatoms. The van der Waals surface area contributed by atoms with Crippen molar-refractivity contribution in [1.82, 2.24) is 9.55 Å². The molecule has 0 amide bonds. The van der Waals surface area contributed by atoms with Gasteiger partial charge in [-0.3, -0.25) is 0 Å². The Labute approximate surface area is 123 Å². The van der Waals surface area contributed by atoms with Crippen LogP contribution in [0.5, 0.6) is 0 Å². The Morgan fingerprint density at radius 1 is 1.38 bits per heavy atom. The minimum absolute atomic E-state index is 0.223. The summed E-state index contributed by atoms with van der Waals surface area (Å²) in [5, 5.41) is 9.00. The molecule has 0 radical (unpaired) electrons. The third kappa shape index (κ3) is 3.13. The van der Waals surface area contributed by atoms with Crippen LogP contribution in [0.3, 0.4) is 0 Å². The van der Waals surface area contributed by atoms with E-state index >= 15 is 0 Å². The molecule has 0 atom stereocenters. The zero-order chi connectivity index (χ0) is 15.8. The van der Waals surface area contributed by atoms with E-state index in [1.54, 1.807) is 0 Å². The van der Waals surface area contributed by atoms with Crippen LogP contribution >= 0.6 is 0 Å². The first-order valence-electron chi connectivity index (χ1n) is 6.24. The van der Waals surface area contributed by atoms with Crippen LogP contribution in [-0.4, -0.2) is 35.3 Å². The molecular weight excluding hydrogens is 292 g/mol. The molecule has 0 saturated heterocycles. The molecule has 0 aliphatic carbocycles. The summed E-state index contributed by atoms with van der Waals surface area (Å²) >= 11 is 0. The van der Waals surface area contributed by atoms with Crippen molar-refractivity contribution in [1.29, 1.82) is 0 Å². The van der Waals surface area contributed by atoms with E-state index in [4.69, 9.17) is 0 Å². The molecule has 0 fully saturated rings. The van der Waals surface area contributed by atoms with Gasteiger partial charge in [0.25, 0.3) is 0 Å². The lowest BCUT2D eigenvalue weighted by Gasteiger charge is -2.06. The molecule has 0 unspecified atom stereocenters. The highest BCUT2D eigenvalue weighted by atomic mass is 32.2. The fourth-order valence-corrected chi connectivity index (χ4v) is 3.09. The molecule has 1 aromatic carbocycles. The van der Waals surface area contributed by atoms with Crippen LogP contribution in [-0.2, 0) is 23.3 Å². The van der Waals surface area contributed by atoms with E-state index in [1.807, 2.05) is 31.2 Å². The van der Waals surface area contributed by atoms with Crippen LogP contribution in [0.1, 0.15) is 27.3 Å². The van der Waals surface area contributed by atoms with Gasteiger partial charge in [-0.25, -0.2) is 18.2 Å². The molecule has 112 valence electrons. The smallest absolute Gasteiger partial charge is 0.356 e. The third-order valence-corrected chi connectivity index (χ3v) is 4.19. The van der Waals surface area contributed by atoms with Crippen LogP contribution in [0, 0.1) is 6.92 Å². The first-order chi connectivity index (χ1) is 9.70. The highest BCUT2D eigenvalue weighted by Gasteiger charge is 2.25. The summed E-state index contributed by atoms with van der Waals surface area (Å²) < 4.78 is 24.7. The average molecular weight is 308 g/mol. The van der Waals surface area contributed by atoms with Crippen molar-refractivity contribution in [3.05, 3.63) is 46.8 Å². The largest absolute Gasteiger partial charge is 0.476 e. The van der Waals surface area contributed by atoms with Crippen molar-refractivity contribution in [3.63, 3.8) is 0 Å². The van der Waals surface area contributed by atoms with Gasteiger partial charge in [-0.05, 0) is 12.5 Å². The van der Waals surface area contributed by atoms with Gasteiger partial charge in [0.05, 0.1) is 5.69 Å². The molecule has 1 aromatic heterocycles. The van der Waals surface area contributed by atoms with Gasteiger partial charge in [-0.15, -0.1) is 0 Å². The summed E-state index contributed by atoms with van der Waals surface area (Å²) in [4.78, 5) is 15.1. The van der Waals surface area contributed by atoms with Crippen LogP contribution < -0.4 is 0 Å². The van der Waals surface area contributed by atoms with Gasteiger partial charge in [-0.1, -0.05) is 29.8 Å². The molecule has 0 aliphatic rings. The second-order valence-electron chi connectivity index (χ2n) is 4.99. The number of hydrogen-bond acceptors (Lipinski definition) is 4. The minimum atomic E-state index is -3.58. The molecule has 2 aromatic rings. The molecular formula is C14H16N2O4S. The van der Waals surface area contributed by atoms with Gasteiger partial charge < -0.3 is 9.67 Å². The van der Waals surface area contributed by atoms with E-state index in [1.165, 1.54) is 11.6 Å². The second kappa shape index (κ2) is 5.33. The molecule has 0 bridgehead atoms. The highest BCUT2D eigenvalue weighted by molar-refractivity contribution is 7.90. The van der Waals surface area contributed by atoms with Crippen LogP contribution in [0.4, 0.5) is 0 Å². The van der Waals surface area contributed by atoms with E-state index in [-0.39, 0.29) is 10.9 Å². The summed E-state index contributed by atoms with van der Waals surface area (Å²) in [6.45, 7) is 1.94. The van der Waals surface area contributed by atoms with Gasteiger partial charge in [0, 0.05) is 19.7 Å². The maximum absolute atomic E-state index is 11.7. The summed E-state index contributed by atoms with van der Waals surface area (Å²) in [5.74, 6) is -1.23. The number of rotatable bonds is 4. The molecule has 0 spiro atoms. The SMILES string of the molecule is Cc1cccc(Cc2c(C(=O)O)nc(S(C)(=O)=O)n2C)c1. The second-order valence-corrected chi connectivity index (χ2v) is 6.90. The number of aromatic nitrogens is 2. The fourth-order valence-electron chi connectivity index (χ4n) is 2.23. The quantitative estimate of drug-likeness (QED) is 0.922. The minimum Gasteiger partial charge on any atom is -0.476 e. The summed E-state index contributed by atoms with van der Waals surface area (Å²) in [6.07, 6.45) is 1.32. The predicted molar refractivity (Wildman–Crippen MR) is 77.3 cm³/mol. The van der Waals surface area contributed by atoms with Crippen LogP contribution in [0.15, 0.2) is 29.4 Å². The molecule has 1 N–H and O–H groups in total. The Kier molecular flexibility index (Phi) is 3.87. The average Bonchev–Trinajstić information content (AvgIpc) is 2.67. The maximum atomic E-state index is 11.7. The van der Waals surface area contributed by atoms with E-state index in [0.717, 1.165) is 17.4 Å². The Bertz CT molecular complexity index is 806.